The molecule has 9 nitrogen and oxygen atoms in total. The van der Waals surface area contributed by atoms with Crippen molar-refractivity contribution in [3.8, 4) is 28.3 Å². The summed E-state index contributed by atoms with van der Waals surface area (Å²) in [7, 11) is 0. The van der Waals surface area contributed by atoms with Crippen LogP contribution in [0.15, 0.2) is 60.9 Å². The Labute approximate surface area is 228 Å². The van der Waals surface area contributed by atoms with Crippen molar-refractivity contribution >= 4 is 17.4 Å². The molecule has 0 spiro atoms. The van der Waals surface area contributed by atoms with Gasteiger partial charge in [0.15, 0.2) is 12.4 Å². The van der Waals surface area contributed by atoms with Crippen LogP contribution in [0.25, 0.3) is 22.5 Å². The molecule has 3 heterocycles. The molecule has 0 bridgehead atoms. The van der Waals surface area contributed by atoms with Gasteiger partial charge < -0.3 is 15.4 Å². The summed E-state index contributed by atoms with van der Waals surface area (Å²) >= 11 is 0. The first-order chi connectivity index (χ1) is 19.0. The molecule has 0 saturated heterocycles. The minimum absolute atomic E-state index is 0.0364. The predicted molar refractivity (Wildman–Crippen MR) is 151 cm³/mol. The first kappa shape index (κ1) is 25.1. The third-order valence-corrected chi connectivity index (χ3v) is 7.04. The van der Waals surface area contributed by atoms with Gasteiger partial charge in [0.1, 0.15) is 11.6 Å². The van der Waals surface area contributed by atoms with Crippen LogP contribution in [0, 0.1) is 0 Å². The lowest BCUT2D eigenvalue weighted by atomic mass is 10.0. The molecule has 200 valence electrons. The van der Waals surface area contributed by atoms with Gasteiger partial charge in [-0.25, -0.2) is 9.97 Å². The van der Waals surface area contributed by atoms with Gasteiger partial charge in [-0.2, -0.15) is 5.10 Å². The number of hydrogen-bond donors (Lipinski definition) is 3. The maximum Gasteiger partial charge on any atom is 0.258 e. The number of aromatic nitrogens is 4. The molecule has 3 N–H and O–H groups in total. The zero-order chi connectivity index (χ0) is 26.8. The molecule has 1 aliphatic heterocycles. The van der Waals surface area contributed by atoms with Gasteiger partial charge in [-0.05, 0) is 56.5 Å². The molecule has 4 aromatic rings. The summed E-state index contributed by atoms with van der Waals surface area (Å²) in [5.41, 5.74) is 6.20. The molecule has 1 fully saturated rings. The van der Waals surface area contributed by atoms with Gasteiger partial charge >= 0.3 is 0 Å². The molecule has 2 aromatic heterocycles. The number of aromatic amines is 1. The van der Waals surface area contributed by atoms with Gasteiger partial charge in [0.2, 0.25) is 0 Å². The molecule has 9 heteroatoms. The molecule has 39 heavy (non-hydrogen) atoms. The number of rotatable bonds is 9. The van der Waals surface area contributed by atoms with E-state index in [2.05, 4.69) is 50.0 Å². The number of nitrogens with one attached hydrogen (secondary N) is 3. The number of anilines is 2. The van der Waals surface area contributed by atoms with E-state index in [1.54, 1.807) is 0 Å². The Morgan fingerprint density at radius 2 is 1.95 bits per heavy atom. The second-order valence-electron chi connectivity index (χ2n) is 10.5. The second kappa shape index (κ2) is 10.9. The highest BCUT2D eigenvalue weighted by Gasteiger charge is 2.33. The number of benzene rings is 2. The SMILES string of the molecule is CC(C)NC(=O)COc1cccc(-c2nc3c(c(Nc4ccc(-c5cn[nH]c5)cc4)n2)CN(C2CC2)CC3)c1. The van der Waals surface area contributed by atoms with Crippen LogP contribution in [0.5, 0.6) is 5.75 Å². The van der Waals surface area contributed by atoms with E-state index in [-0.39, 0.29) is 18.6 Å². The van der Waals surface area contributed by atoms with Crippen LogP contribution in [0.2, 0.25) is 0 Å². The van der Waals surface area contributed by atoms with Crippen molar-refractivity contribution in [2.24, 2.45) is 0 Å². The Morgan fingerprint density at radius 3 is 2.69 bits per heavy atom. The fourth-order valence-electron chi connectivity index (χ4n) is 4.95. The van der Waals surface area contributed by atoms with Crippen LogP contribution in [0.4, 0.5) is 11.5 Å². The van der Waals surface area contributed by atoms with Gasteiger partial charge in [0.25, 0.3) is 5.91 Å². The van der Waals surface area contributed by atoms with Crippen molar-refractivity contribution in [1.29, 1.82) is 0 Å². The van der Waals surface area contributed by atoms with Crippen LogP contribution in [0.1, 0.15) is 37.9 Å². The lowest BCUT2D eigenvalue weighted by molar-refractivity contribution is -0.123. The quantitative estimate of drug-likeness (QED) is 0.292. The fourth-order valence-corrected chi connectivity index (χ4v) is 4.95. The van der Waals surface area contributed by atoms with Crippen molar-refractivity contribution in [3.05, 3.63) is 72.2 Å². The Kier molecular flexibility index (Phi) is 6.98. The summed E-state index contributed by atoms with van der Waals surface area (Å²) in [6.07, 6.45) is 7.14. The van der Waals surface area contributed by atoms with E-state index < -0.39 is 0 Å². The normalized spacial score (nSPS) is 15.2. The molecule has 0 unspecified atom stereocenters. The minimum atomic E-state index is -0.147. The van der Waals surface area contributed by atoms with Crippen LogP contribution < -0.4 is 15.4 Å². The predicted octanol–water partition coefficient (Wildman–Crippen LogP) is 4.70. The van der Waals surface area contributed by atoms with Gasteiger partial charge in [0.05, 0.1) is 11.9 Å². The molecule has 0 radical (unpaired) electrons. The molecule has 1 saturated carbocycles. The molecule has 2 aliphatic rings. The van der Waals surface area contributed by atoms with Crippen molar-refractivity contribution in [2.75, 3.05) is 18.5 Å². The number of hydrogen-bond acceptors (Lipinski definition) is 7. The Hall–Kier alpha value is -4.24. The van der Waals surface area contributed by atoms with Gasteiger partial charge in [-0.15, -0.1) is 0 Å². The number of fused-ring (bicyclic) bond motifs is 1. The number of H-pyrrole nitrogens is 1. The number of nitrogens with zero attached hydrogens (tertiary/aromatic N) is 4. The summed E-state index contributed by atoms with van der Waals surface area (Å²) in [6, 6.07) is 16.7. The summed E-state index contributed by atoms with van der Waals surface area (Å²) < 4.78 is 5.76. The highest BCUT2D eigenvalue weighted by Crippen LogP contribution is 2.35. The first-order valence-corrected chi connectivity index (χ1v) is 13.5. The first-order valence-electron chi connectivity index (χ1n) is 13.5. The second-order valence-corrected chi connectivity index (χ2v) is 10.5. The van der Waals surface area contributed by atoms with Gasteiger partial charge in [-0.3, -0.25) is 14.8 Å². The van der Waals surface area contributed by atoms with E-state index in [0.717, 1.165) is 59.0 Å². The van der Waals surface area contributed by atoms with Crippen LogP contribution in [-0.2, 0) is 17.8 Å². The van der Waals surface area contributed by atoms with Crippen molar-refractivity contribution < 1.29 is 9.53 Å². The lowest BCUT2D eigenvalue weighted by Crippen LogP contribution is -2.34. The van der Waals surface area contributed by atoms with Crippen molar-refractivity contribution in [2.45, 2.75) is 51.7 Å². The molecule has 1 amide bonds. The smallest absolute Gasteiger partial charge is 0.258 e. The highest BCUT2D eigenvalue weighted by molar-refractivity contribution is 5.77. The maximum absolute atomic E-state index is 12.0. The van der Waals surface area contributed by atoms with Crippen molar-refractivity contribution in [1.82, 2.24) is 30.4 Å². The Bertz CT molecular complexity index is 1450. The van der Waals surface area contributed by atoms with E-state index in [0.29, 0.717) is 17.6 Å². The number of ether oxygens (including phenoxy) is 1. The summed E-state index contributed by atoms with van der Waals surface area (Å²) in [5, 5.41) is 13.3. The third-order valence-electron chi connectivity index (χ3n) is 7.04. The van der Waals surface area contributed by atoms with E-state index in [1.807, 2.05) is 50.5 Å². The Balaban J connectivity index is 1.28. The largest absolute Gasteiger partial charge is 0.484 e. The number of carbonyl (C=O) groups is 1. The molecular formula is C30H33N7O2. The molecule has 6 rings (SSSR count). The van der Waals surface area contributed by atoms with E-state index in [9.17, 15) is 4.79 Å². The molecule has 0 atom stereocenters. The fraction of sp³-hybridized carbons (Fsp3) is 0.333. The van der Waals surface area contributed by atoms with Crippen LogP contribution in [-0.4, -0.2) is 56.2 Å². The number of carbonyl (C=O) groups excluding carboxylic acids is 1. The lowest BCUT2D eigenvalue weighted by Gasteiger charge is -2.29. The van der Waals surface area contributed by atoms with E-state index in [4.69, 9.17) is 14.7 Å². The van der Waals surface area contributed by atoms with Gasteiger partial charge in [-0.1, -0.05) is 24.3 Å². The summed E-state index contributed by atoms with van der Waals surface area (Å²) in [4.78, 5) is 24.6. The number of amides is 1. The van der Waals surface area contributed by atoms with E-state index in [1.165, 1.54) is 12.8 Å². The molecule has 2 aromatic carbocycles. The van der Waals surface area contributed by atoms with Gasteiger partial charge in [0, 0.05) is 60.2 Å². The average molecular weight is 524 g/mol. The molecular weight excluding hydrogens is 490 g/mol. The zero-order valence-electron chi connectivity index (χ0n) is 22.3. The minimum Gasteiger partial charge on any atom is -0.484 e. The summed E-state index contributed by atoms with van der Waals surface area (Å²) in [5.74, 6) is 1.94. The van der Waals surface area contributed by atoms with Crippen LogP contribution in [0.3, 0.4) is 0 Å². The van der Waals surface area contributed by atoms with Crippen LogP contribution >= 0.6 is 0 Å². The average Bonchev–Trinajstić information content (AvgIpc) is 3.65. The third kappa shape index (κ3) is 5.93. The summed E-state index contributed by atoms with van der Waals surface area (Å²) in [6.45, 7) is 5.68. The monoisotopic (exact) mass is 523 g/mol. The Morgan fingerprint density at radius 1 is 1.10 bits per heavy atom. The standard InChI is InChI=1S/C30H33N7O2/c1-19(2)33-28(38)18-39-25-5-3-4-21(14-25)29-35-27-12-13-37(24-10-11-24)17-26(27)30(36-29)34-23-8-6-20(7-9-23)22-15-31-32-16-22/h3-9,14-16,19,24H,10-13,17-18H2,1-2H3,(H,31,32)(H,33,38)(H,34,35,36). The van der Waals surface area contributed by atoms with Crippen molar-refractivity contribution in [3.63, 3.8) is 0 Å². The zero-order valence-corrected chi connectivity index (χ0v) is 22.3. The maximum atomic E-state index is 12.0. The highest BCUT2D eigenvalue weighted by atomic mass is 16.5. The molecule has 1 aliphatic carbocycles. The van der Waals surface area contributed by atoms with E-state index >= 15 is 0 Å². The topological polar surface area (TPSA) is 108 Å².